The smallest absolute Gasteiger partial charge is 0.212 e. The van der Waals surface area contributed by atoms with Crippen LogP contribution in [0.2, 0.25) is 0 Å². The molecule has 0 saturated carbocycles. The maximum absolute atomic E-state index is 11.8. The lowest BCUT2D eigenvalue weighted by atomic mass is 10.2. The number of hydrogen-bond donors (Lipinski definition) is 1. The first-order chi connectivity index (χ1) is 8.46. The van der Waals surface area contributed by atoms with Gasteiger partial charge in [0, 0.05) is 6.04 Å². The Hall–Kier alpha value is -1.89. The Morgan fingerprint density at radius 3 is 2.39 bits per heavy atom. The van der Waals surface area contributed by atoms with Gasteiger partial charge in [-0.15, -0.1) is 0 Å². The van der Waals surface area contributed by atoms with Crippen LogP contribution in [-0.4, -0.2) is 14.5 Å². The zero-order valence-corrected chi connectivity index (χ0v) is 10.7. The number of hydrogen-bond acceptors (Lipinski definition) is 4. The van der Waals surface area contributed by atoms with Crippen molar-refractivity contribution in [1.29, 1.82) is 10.5 Å². The van der Waals surface area contributed by atoms with Crippen LogP contribution in [0.3, 0.4) is 0 Å². The van der Waals surface area contributed by atoms with Crippen molar-refractivity contribution in [3.63, 3.8) is 0 Å². The summed E-state index contributed by atoms with van der Waals surface area (Å²) in [6.07, 6.45) is 0.132. The lowest BCUT2D eigenvalue weighted by Gasteiger charge is -2.11. The van der Waals surface area contributed by atoms with E-state index in [4.69, 9.17) is 10.5 Å². The van der Waals surface area contributed by atoms with Crippen molar-refractivity contribution < 1.29 is 8.42 Å². The standard InChI is InChI=1S/C12H13N3O2S/c1-10(6-7-13)15-18(16,17)9-12-4-2-11(8-14)3-5-12/h2-5,10,15H,6,9H2,1H3. The van der Waals surface area contributed by atoms with E-state index in [0.717, 1.165) is 0 Å². The normalized spacial score (nSPS) is 12.4. The van der Waals surface area contributed by atoms with Gasteiger partial charge in [0.05, 0.1) is 29.9 Å². The first-order valence-electron chi connectivity index (χ1n) is 5.33. The molecule has 0 spiro atoms. The predicted molar refractivity (Wildman–Crippen MR) is 66.6 cm³/mol. The Balaban J connectivity index is 2.71. The van der Waals surface area contributed by atoms with Gasteiger partial charge in [-0.25, -0.2) is 13.1 Å². The fourth-order valence-electron chi connectivity index (χ4n) is 1.42. The number of nitrogens with zero attached hydrogens (tertiary/aromatic N) is 2. The van der Waals surface area contributed by atoms with Gasteiger partial charge in [0.2, 0.25) is 10.0 Å². The van der Waals surface area contributed by atoms with Gasteiger partial charge in [-0.05, 0) is 24.6 Å². The highest BCUT2D eigenvalue weighted by Crippen LogP contribution is 2.08. The van der Waals surface area contributed by atoms with E-state index in [0.29, 0.717) is 11.1 Å². The number of rotatable bonds is 5. The van der Waals surface area contributed by atoms with E-state index >= 15 is 0 Å². The van der Waals surface area contributed by atoms with E-state index in [-0.39, 0.29) is 12.2 Å². The lowest BCUT2D eigenvalue weighted by molar-refractivity contribution is 0.562. The maximum Gasteiger partial charge on any atom is 0.216 e. The van der Waals surface area contributed by atoms with Gasteiger partial charge in [-0.1, -0.05) is 12.1 Å². The number of sulfonamides is 1. The highest BCUT2D eigenvalue weighted by atomic mass is 32.2. The Morgan fingerprint density at radius 2 is 1.89 bits per heavy atom. The van der Waals surface area contributed by atoms with E-state index in [9.17, 15) is 8.42 Å². The molecule has 1 unspecified atom stereocenters. The molecule has 1 N–H and O–H groups in total. The molecule has 0 amide bonds. The van der Waals surface area contributed by atoms with E-state index < -0.39 is 16.1 Å². The average molecular weight is 263 g/mol. The molecule has 1 rings (SSSR count). The third kappa shape index (κ3) is 4.54. The summed E-state index contributed by atoms with van der Waals surface area (Å²) < 4.78 is 25.9. The van der Waals surface area contributed by atoms with Gasteiger partial charge >= 0.3 is 0 Å². The molecule has 6 heteroatoms. The van der Waals surface area contributed by atoms with Crippen molar-refractivity contribution in [3.05, 3.63) is 35.4 Å². The summed E-state index contributed by atoms with van der Waals surface area (Å²) >= 11 is 0. The molecule has 1 aromatic rings. The van der Waals surface area contributed by atoms with Crippen molar-refractivity contribution in [3.8, 4) is 12.1 Å². The minimum Gasteiger partial charge on any atom is -0.212 e. The Kier molecular flexibility index (Phi) is 4.85. The molecule has 0 aromatic heterocycles. The summed E-state index contributed by atoms with van der Waals surface area (Å²) in [7, 11) is -3.46. The molecule has 1 atom stereocenters. The number of benzene rings is 1. The summed E-state index contributed by atoms with van der Waals surface area (Å²) in [4.78, 5) is 0. The van der Waals surface area contributed by atoms with Crippen LogP contribution in [0.25, 0.3) is 0 Å². The Labute approximate surface area is 107 Å². The molecule has 0 aliphatic heterocycles. The van der Waals surface area contributed by atoms with Gasteiger partial charge in [-0.3, -0.25) is 0 Å². The largest absolute Gasteiger partial charge is 0.216 e. The number of nitrogens with one attached hydrogen (secondary N) is 1. The molecular weight excluding hydrogens is 250 g/mol. The molecule has 0 heterocycles. The topological polar surface area (TPSA) is 93.8 Å². The Bertz CT molecular complexity index is 579. The Morgan fingerprint density at radius 1 is 1.28 bits per heavy atom. The molecular formula is C12H13N3O2S. The van der Waals surface area contributed by atoms with E-state index in [1.807, 2.05) is 12.1 Å². The predicted octanol–water partition coefficient (Wildman–Crippen LogP) is 1.28. The van der Waals surface area contributed by atoms with Gasteiger partial charge in [-0.2, -0.15) is 10.5 Å². The fourth-order valence-corrected chi connectivity index (χ4v) is 2.83. The minimum absolute atomic E-state index is 0.132. The quantitative estimate of drug-likeness (QED) is 0.865. The second-order valence-electron chi connectivity index (χ2n) is 3.95. The molecule has 0 bridgehead atoms. The van der Waals surface area contributed by atoms with Crippen LogP contribution in [0.15, 0.2) is 24.3 Å². The second kappa shape index (κ2) is 6.15. The van der Waals surface area contributed by atoms with Crippen LogP contribution in [0.5, 0.6) is 0 Å². The highest BCUT2D eigenvalue weighted by Gasteiger charge is 2.14. The fraction of sp³-hybridized carbons (Fsp3) is 0.333. The van der Waals surface area contributed by atoms with Crippen LogP contribution in [-0.2, 0) is 15.8 Å². The van der Waals surface area contributed by atoms with Gasteiger partial charge in [0.1, 0.15) is 0 Å². The molecule has 18 heavy (non-hydrogen) atoms. The van der Waals surface area contributed by atoms with Crippen LogP contribution in [0.1, 0.15) is 24.5 Å². The van der Waals surface area contributed by atoms with Crippen LogP contribution in [0, 0.1) is 22.7 Å². The average Bonchev–Trinajstić information content (AvgIpc) is 2.29. The summed E-state index contributed by atoms with van der Waals surface area (Å²) in [6, 6.07) is 9.82. The molecule has 0 aliphatic carbocycles. The maximum atomic E-state index is 11.8. The van der Waals surface area contributed by atoms with E-state index in [1.54, 1.807) is 31.2 Å². The SMILES string of the molecule is CC(CC#N)NS(=O)(=O)Cc1ccc(C#N)cc1. The molecule has 0 radical (unpaired) electrons. The van der Waals surface area contributed by atoms with Gasteiger partial charge in [0.25, 0.3) is 0 Å². The summed E-state index contributed by atoms with van der Waals surface area (Å²) in [5.41, 5.74) is 1.09. The van der Waals surface area contributed by atoms with Gasteiger partial charge < -0.3 is 0 Å². The minimum atomic E-state index is -3.46. The highest BCUT2D eigenvalue weighted by molar-refractivity contribution is 7.88. The molecule has 1 aromatic carbocycles. The second-order valence-corrected chi connectivity index (χ2v) is 5.70. The van der Waals surface area contributed by atoms with E-state index in [1.165, 1.54) is 0 Å². The molecule has 94 valence electrons. The van der Waals surface area contributed by atoms with Crippen molar-refractivity contribution in [2.24, 2.45) is 0 Å². The van der Waals surface area contributed by atoms with Crippen molar-refractivity contribution in [2.45, 2.75) is 25.1 Å². The van der Waals surface area contributed by atoms with Crippen molar-refractivity contribution in [2.75, 3.05) is 0 Å². The molecule has 5 nitrogen and oxygen atoms in total. The summed E-state index contributed by atoms with van der Waals surface area (Å²) in [6.45, 7) is 1.64. The monoisotopic (exact) mass is 263 g/mol. The summed E-state index contributed by atoms with van der Waals surface area (Å²) in [5.74, 6) is -0.158. The van der Waals surface area contributed by atoms with Crippen LogP contribution in [0.4, 0.5) is 0 Å². The molecule has 0 saturated heterocycles. The van der Waals surface area contributed by atoms with Gasteiger partial charge in [0.15, 0.2) is 0 Å². The van der Waals surface area contributed by atoms with Crippen molar-refractivity contribution >= 4 is 10.0 Å². The van der Waals surface area contributed by atoms with Crippen LogP contribution >= 0.6 is 0 Å². The van der Waals surface area contributed by atoms with E-state index in [2.05, 4.69) is 4.72 Å². The molecule has 0 aliphatic rings. The van der Waals surface area contributed by atoms with Crippen molar-refractivity contribution in [1.82, 2.24) is 4.72 Å². The first-order valence-corrected chi connectivity index (χ1v) is 6.98. The number of nitriles is 2. The third-order valence-corrected chi connectivity index (χ3v) is 3.69. The zero-order valence-electron chi connectivity index (χ0n) is 9.92. The van der Waals surface area contributed by atoms with Crippen LogP contribution < -0.4 is 4.72 Å². The third-order valence-electron chi connectivity index (χ3n) is 2.22. The summed E-state index contributed by atoms with van der Waals surface area (Å²) in [5, 5.41) is 17.1. The molecule has 0 fully saturated rings. The lowest BCUT2D eigenvalue weighted by Crippen LogP contribution is -2.33. The zero-order chi connectivity index (χ0) is 13.6. The first kappa shape index (κ1) is 14.2.